The Morgan fingerprint density at radius 1 is 1.05 bits per heavy atom. The average molecular weight is 555 g/mol. The van der Waals surface area contributed by atoms with Gasteiger partial charge in [-0.3, -0.25) is 0 Å². The van der Waals surface area contributed by atoms with Gasteiger partial charge in [-0.15, -0.1) is 0 Å². The van der Waals surface area contributed by atoms with Crippen LogP contribution in [-0.2, 0) is 23.7 Å². The molecule has 11 heteroatoms. The monoisotopic (exact) mass is 554 g/mol. The number of para-hydroxylation sites is 2. The third-order valence-corrected chi connectivity index (χ3v) is 5.11. The minimum absolute atomic E-state index is 0.213. The lowest BCUT2D eigenvalue weighted by atomic mass is 10.1. The second-order valence-electron chi connectivity index (χ2n) is 9.89. The third kappa shape index (κ3) is 12.5. The number of alkyl carbamates (subject to hydrolysis) is 1. The van der Waals surface area contributed by atoms with Gasteiger partial charge in [0.25, 0.3) is 0 Å². The molecule has 1 aliphatic rings. The first-order chi connectivity index (χ1) is 18.4. The molecule has 0 spiro atoms. The van der Waals surface area contributed by atoms with Crippen LogP contribution in [0.15, 0.2) is 24.3 Å². The molecule has 0 saturated carbocycles. The predicted octanol–water partition coefficient (Wildman–Crippen LogP) is 4.77. The zero-order chi connectivity index (χ0) is 29.6. The van der Waals surface area contributed by atoms with E-state index in [1.54, 1.807) is 40.7 Å². The second-order valence-corrected chi connectivity index (χ2v) is 9.89. The lowest BCUT2D eigenvalue weighted by molar-refractivity contribution is -0.170. The van der Waals surface area contributed by atoms with E-state index in [1.807, 2.05) is 39.0 Å². The predicted molar refractivity (Wildman–Crippen MR) is 146 cm³/mol. The summed E-state index contributed by atoms with van der Waals surface area (Å²) in [5.41, 5.74) is -0.716. The largest absolute Gasteiger partial charge is 0.490 e. The summed E-state index contributed by atoms with van der Waals surface area (Å²) in [6, 6.07) is 6.36. The number of ether oxygens (including phenoxy) is 6. The average Bonchev–Trinajstić information content (AvgIpc) is 2.87. The van der Waals surface area contributed by atoms with Crippen LogP contribution in [0.3, 0.4) is 0 Å². The number of amides is 2. The maximum absolute atomic E-state index is 12.7. The maximum Gasteiger partial charge on any atom is 0.413 e. The van der Waals surface area contributed by atoms with Crippen LogP contribution in [0.2, 0.25) is 0 Å². The summed E-state index contributed by atoms with van der Waals surface area (Å²) in [5.74, 6) is 0.208. The Hall–Kier alpha value is -3.21. The van der Waals surface area contributed by atoms with Crippen molar-refractivity contribution in [1.29, 1.82) is 0 Å². The van der Waals surface area contributed by atoms with Crippen LogP contribution in [0, 0.1) is 5.92 Å². The molecule has 1 saturated heterocycles. The highest BCUT2D eigenvalue weighted by atomic mass is 16.7. The summed E-state index contributed by atoms with van der Waals surface area (Å²) in [7, 11) is 0. The number of esters is 1. The molecule has 0 aromatic heterocycles. The van der Waals surface area contributed by atoms with Crippen LogP contribution in [-0.4, -0.2) is 80.0 Å². The van der Waals surface area contributed by atoms with Crippen LogP contribution in [0.4, 0.5) is 9.59 Å². The number of morpholine rings is 1. The van der Waals surface area contributed by atoms with Crippen molar-refractivity contribution in [2.75, 3.05) is 32.9 Å². The number of carbonyl (C=O) groups excluding carboxylic acids is 3. The molecule has 1 aliphatic heterocycles. The van der Waals surface area contributed by atoms with Gasteiger partial charge in [0.05, 0.1) is 19.8 Å². The fraction of sp³-hybridized carbons (Fsp3) is 0.679. The molecule has 1 aromatic rings. The summed E-state index contributed by atoms with van der Waals surface area (Å²) in [4.78, 5) is 38.9. The standard InChI is InChI=1S/C26H40N2O9.C2H6/c1-8-32-20-11-9-10-12-21(20)34-16-19-15-28(13-14-33-19)25(31)36-18(4)35-23(29)22(17(2)3)27-24(30)37-26(5,6)7;1-2/h9-12,17-19,22H,8,13-16H2,1-7H3,(H,27,30);1-2H3/t18?,19?,22-;/m0./s1. The summed E-state index contributed by atoms with van der Waals surface area (Å²) >= 11 is 0. The molecule has 2 rings (SSSR count). The number of hydrogen-bond donors (Lipinski definition) is 1. The molecular weight excluding hydrogens is 508 g/mol. The van der Waals surface area contributed by atoms with Crippen molar-refractivity contribution in [2.45, 2.75) is 86.4 Å². The molecule has 1 heterocycles. The molecule has 3 atom stereocenters. The van der Waals surface area contributed by atoms with Crippen molar-refractivity contribution >= 4 is 18.2 Å². The third-order valence-electron chi connectivity index (χ3n) is 5.11. The topological polar surface area (TPSA) is 122 Å². The lowest BCUT2D eigenvalue weighted by Crippen LogP contribution is -2.50. The van der Waals surface area contributed by atoms with Crippen LogP contribution in [0.1, 0.15) is 62.3 Å². The molecule has 222 valence electrons. The SMILES string of the molecule is CC.CCOc1ccccc1OCC1CN(C(=O)OC(C)OC(=O)[C@@H](NC(=O)OC(C)(C)C)C(C)C)CCO1. The van der Waals surface area contributed by atoms with E-state index in [2.05, 4.69) is 5.32 Å². The van der Waals surface area contributed by atoms with Gasteiger partial charge in [0, 0.05) is 13.5 Å². The van der Waals surface area contributed by atoms with Crippen molar-refractivity contribution < 1.29 is 42.8 Å². The first kappa shape index (κ1) is 33.8. The quantitative estimate of drug-likeness (QED) is 0.322. The Morgan fingerprint density at radius 3 is 2.23 bits per heavy atom. The Morgan fingerprint density at radius 2 is 1.67 bits per heavy atom. The molecule has 2 amide bonds. The molecule has 39 heavy (non-hydrogen) atoms. The van der Waals surface area contributed by atoms with Gasteiger partial charge in [0.2, 0.25) is 6.29 Å². The van der Waals surface area contributed by atoms with Gasteiger partial charge < -0.3 is 38.6 Å². The molecule has 0 radical (unpaired) electrons. The summed E-state index contributed by atoms with van der Waals surface area (Å²) in [6.45, 7) is 17.6. The van der Waals surface area contributed by atoms with Crippen LogP contribution in [0.25, 0.3) is 0 Å². The zero-order valence-electron chi connectivity index (χ0n) is 24.8. The summed E-state index contributed by atoms with van der Waals surface area (Å²) in [5, 5.41) is 2.51. The van der Waals surface area contributed by atoms with Crippen molar-refractivity contribution in [3.05, 3.63) is 24.3 Å². The number of hydrogen-bond acceptors (Lipinski definition) is 9. The lowest BCUT2D eigenvalue weighted by Gasteiger charge is -2.33. The van der Waals surface area contributed by atoms with Crippen LogP contribution < -0.4 is 14.8 Å². The van der Waals surface area contributed by atoms with Gasteiger partial charge in [-0.1, -0.05) is 39.8 Å². The van der Waals surface area contributed by atoms with Gasteiger partial charge in [0.1, 0.15) is 24.4 Å². The van der Waals surface area contributed by atoms with E-state index in [0.29, 0.717) is 31.3 Å². The Balaban J connectivity index is 0.00000371. The Kier molecular flexibility index (Phi) is 14.5. The fourth-order valence-corrected chi connectivity index (χ4v) is 3.42. The van der Waals surface area contributed by atoms with Crippen molar-refractivity contribution in [1.82, 2.24) is 10.2 Å². The van der Waals surface area contributed by atoms with Crippen LogP contribution in [0.5, 0.6) is 11.5 Å². The molecule has 0 aliphatic carbocycles. The summed E-state index contributed by atoms with van der Waals surface area (Å²) < 4.78 is 33.0. The Bertz CT molecular complexity index is 901. The van der Waals surface area contributed by atoms with Gasteiger partial charge in [-0.05, 0) is 45.7 Å². The first-order valence-electron chi connectivity index (χ1n) is 13.5. The van der Waals surface area contributed by atoms with Gasteiger partial charge in [-0.25, -0.2) is 14.4 Å². The van der Waals surface area contributed by atoms with E-state index in [1.165, 1.54) is 11.8 Å². The normalized spacial score (nSPS) is 16.7. The highest BCUT2D eigenvalue weighted by Gasteiger charge is 2.31. The molecule has 11 nitrogen and oxygen atoms in total. The number of carbonyl (C=O) groups is 3. The zero-order valence-corrected chi connectivity index (χ0v) is 24.8. The molecule has 1 N–H and O–H groups in total. The minimum atomic E-state index is -1.17. The van der Waals surface area contributed by atoms with Crippen molar-refractivity contribution in [2.24, 2.45) is 5.92 Å². The number of nitrogens with zero attached hydrogens (tertiary/aromatic N) is 1. The molecule has 0 bridgehead atoms. The van der Waals surface area contributed by atoms with Gasteiger partial charge in [0.15, 0.2) is 11.5 Å². The molecule has 1 aromatic carbocycles. The maximum atomic E-state index is 12.7. The van der Waals surface area contributed by atoms with E-state index >= 15 is 0 Å². The van der Waals surface area contributed by atoms with Crippen molar-refractivity contribution in [3.8, 4) is 11.5 Å². The van der Waals surface area contributed by atoms with E-state index in [9.17, 15) is 14.4 Å². The molecule has 1 fully saturated rings. The smallest absolute Gasteiger partial charge is 0.413 e. The highest BCUT2D eigenvalue weighted by Crippen LogP contribution is 2.26. The first-order valence-corrected chi connectivity index (χ1v) is 13.5. The van der Waals surface area contributed by atoms with Gasteiger partial charge in [-0.2, -0.15) is 0 Å². The summed E-state index contributed by atoms with van der Waals surface area (Å²) in [6.07, 6.45) is -2.93. The molecular formula is C28H46N2O9. The van der Waals surface area contributed by atoms with Crippen molar-refractivity contribution in [3.63, 3.8) is 0 Å². The van der Waals surface area contributed by atoms with E-state index in [-0.39, 0.29) is 25.2 Å². The number of nitrogens with one attached hydrogen (secondary N) is 1. The highest BCUT2D eigenvalue weighted by molar-refractivity contribution is 5.82. The van der Waals surface area contributed by atoms with E-state index in [0.717, 1.165) is 0 Å². The fourth-order valence-electron chi connectivity index (χ4n) is 3.42. The second kappa shape index (κ2) is 16.7. The van der Waals surface area contributed by atoms with E-state index < -0.39 is 36.1 Å². The Labute approximate surface area is 232 Å². The molecule has 2 unspecified atom stereocenters. The number of benzene rings is 1. The number of rotatable bonds is 10. The van der Waals surface area contributed by atoms with Gasteiger partial charge >= 0.3 is 18.2 Å². The van der Waals surface area contributed by atoms with E-state index in [4.69, 9.17) is 28.4 Å². The van der Waals surface area contributed by atoms with Crippen LogP contribution >= 0.6 is 0 Å². The minimum Gasteiger partial charge on any atom is -0.490 e.